The van der Waals surface area contributed by atoms with Crippen LogP contribution in [0.4, 0.5) is 4.39 Å². The zero-order valence-electron chi connectivity index (χ0n) is 9.54. The van der Waals surface area contributed by atoms with Gasteiger partial charge in [0.25, 0.3) is 0 Å². The molecule has 1 amide bonds. The second kappa shape index (κ2) is 6.05. The van der Waals surface area contributed by atoms with E-state index in [1.165, 1.54) is 0 Å². The Kier molecular flexibility index (Phi) is 5.02. The fourth-order valence-corrected chi connectivity index (χ4v) is 1.69. The molecule has 0 unspecified atom stereocenters. The molecule has 0 radical (unpaired) electrons. The van der Waals surface area contributed by atoms with Gasteiger partial charge in [0.15, 0.2) is 0 Å². The van der Waals surface area contributed by atoms with Gasteiger partial charge >= 0.3 is 0 Å². The van der Waals surface area contributed by atoms with E-state index in [9.17, 15) is 9.18 Å². The van der Waals surface area contributed by atoms with E-state index in [0.717, 1.165) is 6.42 Å². The van der Waals surface area contributed by atoms with Crippen LogP contribution in [0.5, 0.6) is 0 Å². The van der Waals surface area contributed by atoms with Crippen molar-refractivity contribution in [3.8, 4) is 0 Å². The fraction of sp³-hybridized carbons (Fsp3) is 0.909. The highest BCUT2D eigenvalue weighted by molar-refractivity contribution is 5.76. The van der Waals surface area contributed by atoms with Crippen LogP contribution in [0.1, 0.15) is 26.7 Å². The Morgan fingerprint density at radius 3 is 2.93 bits per heavy atom. The summed E-state index contributed by atoms with van der Waals surface area (Å²) in [6, 6.07) is 0. The molecule has 0 aromatic heterocycles. The topological polar surface area (TPSA) is 29.5 Å². The average molecular weight is 217 g/mol. The number of rotatable bonds is 3. The first-order valence-corrected chi connectivity index (χ1v) is 5.58. The van der Waals surface area contributed by atoms with Gasteiger partial charge in [-0.25, -0.2) is 4.39 Å². The van der Waals surface area contributed by atoms with Crippen molar-refractivity contribution < 1.29 is 13.9 Å². The molecule has 1 heterocycles. The molecule has 0 N–H and O–H groups in total. The van der Waals surface area contributed by atoms with Gasteiger partial charge in [-0.15, -0.1) is 0 Å². The second-order valence-electron chi connectivity index (χ2n) is 4.44. The number of ether oxygens (including phenoxy) is 1. The molecule has 1 rings (SSSR count). The SMILES string of the molecule is CC(C)CC(=O)N1CCCO[C@@H](CF)C1. The third-order valence-corrected chi connectivity index (χ3v) is 2.46. The summed E-state index contributed by atoms with van der Waals surface area (Å²) >= 11 is 0. The Balaban J connectivity index is 2.47. The van der Waals surface area contributed by atoms with E-state index < -0.39 is 12.8 Å². The standard InChI is InChI=1S/C11H20FNO2/c1-9(2)6-11(14)13-4-3-5-15-10(7-12)8-13/h9-10H,3-8H2,1-2H3/t10-/m0/s1. The molecule has 1 saturated heterocycles. The van der Waals surface area contributed by atoms with Crippen molar-refractivity contribution in [3.05, 3.63) is 0 Å². The molecule has 1 fully saturated rings. The van der Waals surface area contributed by atoms with Gasteiger partial charge in [-0.3, -0.25) is 4.79 Å². The van der Waals surface area contributed by atoms with Crippen molar-refractivity contribution in [1.29, 1.82) is 0 Å². The maximum atomic E-state index is 12.5. The quantitative estimate of drug-likeness (QED) is 0.719. The number of carbonyl (C=O) groups is 1. The van der Waals surface area contributed by atoms with E-state index in [2.05, 4.69) is 0 Å². The molecule has 0 saturated carbocycles. The first kappa shape index (κ1) is 12.4. The van der Waals surface area contributed by atoms with Crippen LogP contribution in [0.2, 0.25) is 0 Å². The van der Waals surface area contributed by atoms with E-state index in [1.807, 2.05) is 13.8 Å². The number of nitrogens with zero attached hydrogens (tertiary/aromatic N) is 1. The Morgan fingerprint density at radius 2 is 2.33 bits per heavy atom. The van der Waals surface area contributed by atoms with Gasteiger partial charge in [-0.2, -0.15) is 0 Å². The minimum absolute atomic E-state index is 0.119. The molecule has 3 nitrogen and oxygen atoms in total. The number of alkyl halides is 1. The molecule has 0 aromatic carbocycles. The predicted molar refractivity (Wildman–Crippen MR) is 56.4 cm³/mol. The molecule has 0 spiro atoms. The van der Waals surface area contributed by atoms with Crippen molar-refractivity contribution in [2.75, 3.05) is 26.4 Å². The number of halogens is 1. The number of hydrogen-bond acceptors (Lipinski definition) is 2. The summed E-state index contributed by atoms with van der Waals surface area (Å²) in [5, 5.41) is 0. The Morgan fingerprint density at radius 1 is 1.60 bits per heavy atom. The van der Waals surface area contributed by atoms with Crippen LogP contribution in [0, 0.1) is 5.92 Å². The van der Waals surface area contributed by atoms with Crippen molar-refractivity contribution in [1.82, 2.24) is 4.90 Å². The lowest BCUT2D eigenvalue weighted by molar-refractivity contribution is -0.132. The summed E-state index contributed by atoms with van der Waals surface area (Å²) < 4.78 is 17.8. The lowest BCUT2D eigenvalue weighted by Gasteiger charge is -2.23. The molecule has 0 aromatic rings. The number of carbonyl (C=O) groups excluding carboxylic acids is 1. The van der Waals surface area contributed by atoms with Gasteiger partial charge in [0.1, 0.15) is 12.8 Å². The molecular formula is C11H20FNO2. The van der Waals surface area contributed by atoms with Gasteiger partial charge < -0.3 is 9.64 Å². The monoisotopic (exact) mass is 217 g/mol. The fourth-order valence-electron chi connectivity index (χ4n) is 1.69. The van der Waals surface area contributed by atoms with Crippen LogP contribution in [0.15, 0.2) is 0 Å². The van der Waals surface area contributed by atoms with Gasteiger partial charge in [0.05, 0.1) is 0 Å². The highest BCUT2D eigenvalue weighted by atomic mass is 19.1. The van der Waals surface area contributed by atoms with Gasteiger partial charge in [-0.05, 0) is 12.3 Å². The van der Waals surface area contributed by atoms with E-state index in [1.54, 1.807) is 4.90 Å². The number of hydrogen-bond donors (Lipinski definition) is 0. The highest BCUT2D eigenvalue weighted by Crippen LogP contribution is 2.10. The van der Waals surface area contributed by atoms with E-state index in [-0.39, 0.29) is 5.91 Å². The minimum Gasteiger partial charge on any atom is -0.374 e. The van der Waals surface area contributed by atoms with Crippen LogP contribution in [-0.2, 0) is 9.53 Å². The van der Waals surface area contributed by atoms with Crippen LogP contribution in [0.25, 0.3) is 0 Å². The van der Waals surface area contributed by atoms with Crippen LogP contribution < -0.4 is 0 Å². The van der Waals surface area contributed by atoms with Crippen LogP contribution in [-0.4, -0.2) is 43.3 Å². The number of amides is 1. The Bertz CT molecular complexity index is 209. The van der Waals surface area contributed by atoms with E-state index in [4.69, 9.17) is 4.74 Å². The lowest BCUT2D eigenvalue weighted by atomic mass is 10.1. The summed E-state index contributed by atoms with van der Waals surface area (Å²) in [5.41, 5.74) is 0. The third kappa shape index (κ3) is 4.16. The lowest BCUT2D eigenvalue weighted by Crippen LogP contribution is -2.38. The van der Waals surface area contributed by atoms with E-state index >= 15 is 0 Å². The molecule has 0 aliphatic carbocycles. The highest BCUT2D eigenvalue weighted by Gasteiger charge is 2.22. The average Bonchev–Trinajstić information content (AvgIpc) is 2.41. The molecule has 1 aliphatic rings. The van der Waals surface area contributed by atoms with Crippen molar-refractivity contribution in [2.45, 2.75) is 32.8 Å². The molecule has 15 heavy (non-hydrogen) atoms. The van der Waals surface area contributed by atoms with Gasteiger partial charge in [-0.1, -0.05) is 13.8 Å². The van der Waals surface area contributed by atoms with Gasteiger partial charge in [0, 0.05) is 26.1 Å². The van der Waals surface area contributed by atoms with Crippen LogP contribution >= 0.6 is 0 Å². The Labute approximate surface area is 90.6 Å². The zero-order valence-corrected chi connectivity index (χ0v) is 9.54. The zero-order chi connectivity index (χ0) is 11.3. The van der Waals surface area contributed by atoms with Crippen LogP contribution in [0.3, 0.4) is 0 Å². The molecule has 1 aliphatic heterocycles. The largest absolute Gasteiger partial charge is 0.374 e. The second-order valence-corrected chi connectivity index (χ2v) is 4.44. The third-order valence-electron chi connectivity index (χ3n) is 2.46. The predicted octanol–water partition coefficient (Wildman–Crippen LogP) is 1.62. The summed E-state index contributed by atoms with van der Waals surface area (Å²) in [6.07, 6.45) is 0.919. The maximum Gasteiger partial charge on any atom is 0.222 e. The maximum absolute atomic E-state index is 12.5. The normalized spacial score (nSPS) is 22.9. The molecule has 88 valence electrons. The van der Waals surface area contributed by atoms with Crippen molar-refractivity contribution in [2.24, 2.45) is 5.92 Å². The summed E-state index contributed by atoms with van der Waals surface area (Å²) in [7, 11) is 0. The smallest absolute Gasteiger partial charge is 0.222 e. The van der Waals surface area contributed by atoms with Gasteiger partial charge in [0.2, 0.25) is 5.91 Å². The summed E-state index contributed by atoms with van der Waals surface area (Å²) in [6.45, 7) is 5.17. The summed E-state index contributed by atoms with van der Waals surface area (Å²) in [4.78, 5) is 13.5. The van der Waals surface area contributed by atoms with Crippen molar-refractivity contribution in [3.63, 3.8) is 0 Å². The Hall–Kier alpha value is -0.640. The first-order chi connectivity index (χ1) is 7.13. The molecule has 4 heteroatoms. The summed E-state index contributed by atoms with van der Waals surface area (Å²) in [5.74, 6) is 0.472. The van der Waals surface area contributed by atoms with E-state index in [0.29, 0.717) is 32.0 Å². The first-order valence-electron chi connectivity index (χ1n) is 5.58. The molecular weight excluding hydrogens is 197 g/mol. The van der Waals surface area contributed by atoms with Crippen molar-refractivity contribution >= 4 is 5.91 Å². The molecule has 0 bridgehead atoms. The minimum atomic E-state index is -0.508. The molecule has 1 atom stereocenters.